The first kappa shape index (κ1) is 15.3. The van der Waals surface area contributed by atoms with Crippen LogP contribution in [0.4, 0.5) is 0 Å². The van der Waals surface area contributed by atoms with Crippen molar-refractivity contribution in [3.63, 3.8) is 0 Å². The Morgan fingerprint density at radius 3 is 2.52 bits per heavy atom. The maximum absolute atomic E-state index is 12.4. The standard InChI is InChI=1S/C19H19NO3/c21-18(16-10-9-14-7-4-8-15(14)12-16)20-17(19(22)23)11-13-5-2-1-3-6-13/h1-3,5-6,9-10,12,17H,4,7-8,11H2,(H,20,21)(H,22,23). The van der Waals surface area contributed by atoms with Crippen molar-refractivity contribution < 1.29 is 14.7 Å². The summed E-state index contributed by atoms with van der Waals surface area (Å²) in [4.78, 5) is 23.8. The van der Waals surface area contributed by atoms with E-state index in [0.717, 1.165) is 24.8 Å². The minimum Gasteiger partial charge on any atom is -0.480 e. The molecule has 4 heteroatoms. The van der Waals surface area contributed by atoms with E-state index in [-0.39, 0.29) is 12.3 Å². The molecule has 0 saturated heterocycles. The van der Waals surface area contributed by atoms with Gasteiger partial charge in [0, 0.05) is 12.0 Å². The van der Waals surface area contributed by atoms with Gasteiger partial charge < -0.3 is 10.4 Å². The van der Waals surface area contributed by atoms with E-state index < -0.39 is 12.0 Å². The first-order valence-corrected chi connectivity index (χ1v) is 7.83. The van der Waals surface area contributed by atoms with Crippen LogP contribution in [-0.4, -0.2) is 23.0 Å². The Hall–Kier alpha value is -2.62. The third-order valence-electron chi connectivity index (χ3n) is 4.25. The number of hydrogen-bond acceptors (Lipinski definition) is 2. The maximum atomic E-state index is 12.4. The van der Waals surface area contributed by atoms with Crippen molar-refractivity contribution in [1.29, 1.82) is 0 Å². The number of benzene rings is 2. The van der Waals surface area contributed by atoms with Crippen LogP contribution >= 0.6 is 0 Å². The zero-order valence-electron chi connectivity index (χ0n) is 12.8. The van der Waals surface area contributed by atoms with Gasteiger partial charge >= 0.3 is 5.97 Å². The van der Waals surface area contributed by atoms with Gasteiger partial charge in [-0.3, -0.25) is 4.79 Å². The van der Waals surface area contributed by atoms with Crippen molar-refractivity contribution in [2.75, 3.05) is 0 Å². The quantitative estimate of drug-likeness (QED) is 0.892. The predicted molar refractivity (Wildman–Crippen MR) is 87.5 cm³/mol. The molecular formula is C19H19NO3. The van der Waals surface area contributed by atoms with E-state index in [1.165, 1.54) is 11.1 Å². The Morgan fingerprint density at radius 1 is 1.04 bits per heavy atom. The summed E-state index contributed by atoms with van der Waals surface area (Å²) in [6.45, 7) is 0. The second-order valence-corrected chi connectivity index (χ2v) is 5.89. The fourth-order valence-corrected chi connectivity index (χ4v) is 3.00. The SMILES string of the molecule is O=C(NC(Cc1ccccc1)C(=O)O)c1ccc2c(c1)CCC2. The van der Waals surface area contributed by atoms with E-state index in [0.29, 0.717) is 5.56 Å². The van der Waals surface area contributed by atoms with Gasteiger partial charge in [-0.2, -0.15) is 0 Å². The predicted octanol–water partition coefficient (Wildman–Crippen LogP) is 2.60. The molecule has 0 saturated carbocycles. The van der Waals surface area contributed by atoms with Crippen molar-refractivity contribution >= 4 is 11.9 Å². The maximum Gasteiger partial charge on any atom is 0.326 e. The molecule has 0 radical (unpaired) electrons. The van der Waals surface area contributed by atoms with Crippen LogP contribution < -0.4 is 5.32 Å². The van der Waals surface area contributed by atoms with E-state index in [9.17, 15) is 14.7 Å². The molecule has 1 atom stereocenters. The molecule has 1 aliphatic rings. The van der Waals surface area contributed by atoms with Crippen molar-refractivity contribution in [2.24, 2.45) is 0 Å². The lowest BCUT2D eigenvalue weighted by molar-refractivity contribution is -0.139. The van der Waals surface area contributed by atoms with Gasteiger partial charge in [-0.1, -0.05) is 36.4 Å². The molecule has 0 aromatic heterocycles. The molecule has 2 aromatic rings. The van der Waals surface area contributed by atoms with E-state index in [1.54, 1.807) is 6.07 Å². The van der Waals surface area contributed by atoms with E-state index in [2.05, 4.69) is 5.32 Å². The number of hydrogen-bond donors (Lipinski definition) is 2. The van der Waals surface area contributed by atoms with Gasteiger partial charge in [0.25, 0.3) is 5.91 Å². The molecule has 4 nitrogen and oxygen atoms in total. The Labute approximate surface area is 135 Å². The van der Waals surface area contributed by atoms with Crippen LogP contribution in [0, 0.1) is 0 Å². The number of fused-ring (bicyclic) bond motifs is 1. The first-order valence-electron chi connectivity index (χ1n) is 7.83. The normalized spacial score (nSPS) is 14.1. The highest BCUT2D eigenvalue weighted by molar-refractivity contribution is 5.96. The highest BCUT2D eigenvalue weighted by atomic mass is 16.4. The summed E-state index contributed by atoms with van der Waals surface area (Å²) in [6, 6.07) is 14.0. The van der Waals surface area contributed by atoms with Crippen molar-refractivity contribution in [1.82, 2.24) is 5.32 Å². The van der Waals surface area contributed by atoms with Crippen LogP contribution in [0.2, 0.25) is 0 Å². The van der Waals surface area contributed by atoms with Gasteiger partial charge in [0.1, 0.15) is 6.04 Å². The van der Waals surface area contributed by atoms with Crippen LogP contribution in [0.1, 0.15) is 33.5 Å². The average Bonchev–Trinajstić information content (AvgIpc) is 3.02. The number of carboxylic acids is 1. The first-order chi connectivity index (χ1) is 11.1. The molecule has 2 N–H and O–H groups in total. The van der Waals surface area contributed by atoms with Crippen LogP contribution in [0.15, 0.2) is 48.5 Å². The highest BCUT2D eigenvalue weighted by Gasteiger charge is 2.22. The lowest BCUT2D eigenvalue weighted by Crippen LogP contribution is -2.42. The van der Waals surface area contributed by atoms with Gasteiger partial charge in [-0.25, -0.2) is 4.79 Å². The zero-order valence-corrected chi connectivity index (χ0v) is 12.8. The second kappa shape index (κ2) is 6.65. The minimum atomic E-state index is -1.02. The smallest absolute Gasteiger partial charge is 0.326 e. The zero-order chi connectivity index (χ0) is 16.2. The molecule has 118 valence electrons. The fraction of sp³-hybridized carbons (Fsp3) is 0.263. The molecule has 3 rings (SSSR count). The number of nitrogens with one attached hydrogen (secondary N) is 1. The molecule has 0 aliphatic heterocycles. The van der Waals surface area contributed by atoms with Crippen molar-refractivity contribution in [3.8, 4) is 0 Å². The molecular weight excluding hydrogens is 290 g/mol. The summed E-state index contributed by atoms with van der Waals surface area (Å²) in [6.07, 6.45) is 3.44. The Balaban J connectivity index is 1.72. The molecule has 23 heavy (non-hydrogen) atoms. The highest BCUT2D eigenvalue weighted by Crippen LogP contribution is 2.22. The number of rotatable bonds is 5. The molecule has 0 heterocycles. The van der Waals surface area contributed by atoms with Gasteiger partial charge in [0.2, 0.25) is 0 Å². The number of carbonyl (C=O) groups excluding carboxylic acids is 1. The molecule has 2 aromatic carbocycles. The number of aryl methyl sites for hydroxylation is 2. The molecule has 0 bridgehead atoms. The lowest BCUT2D eigenvalue weighted by Gasteiger charge is -2.15. The number of carboxylic acid groups (broad SMARTS) is 1. The summed E-state index contributed by atoms with van der Waals surface area (Å²) >= 11 is 0. The fourth-order valence-electron chi connectivity index (χ4n) is 3.00. The van der Waals surface area contributed by atoms with Crippen LogP contribution in [-0.2, 0) is 24.1 Å². The Bertz CT molecular complexity index is 725. The van der Waals surface area contributed by atoms with Crippen molar-refractivity contribution in [3.05, 3.63) is 70.8 Å². The van der Waals surface area contributed by atoms with Crippen LogP contribution in [0.25, 0.3) is 0 Å². The largest absolute Gasteiger partial charge is 0.480 e. The molecule has 0 fully saturated rings. The molecule has 1 unspecified atom stereocenters. The van der Waals surface area contributed by atoms with E-state index >= 15 is 0 Å². The van der Waals surface area contributed by atoms with Crippen LogP contribution in [0.5, 0.6) is 0 Å². The average molecular weight is 309 g/mol. The van der Waals surface area contributed by atoms with E-state index in [1.807, 2.05) is 42.5 Å². The molecule has 1 aliphatic carbocycles. The summed E-state index contributed by atoms with van der Waals surface area (Å²) in [5.74, 6) is -1.36. The summed E-state index contributed by atoms with van der Waals surface area (Å²) in [7, 11) is 0. The minimum absolute atomic E-state index is 0.271. The third-order valence-corrected chi connectivity index (χ3v) is 4.25. The monoisotopic (exact) mass is 309 g/mol. The number of aliphatic carboxylic acids is 1. The van der Waals surface area contributed by atoms with Crippen LogP contribution in [0.3, 0.4) is 0 Å². The Kier molecular flexibility index (Phi) is 4.42. The Morgan fingerprint density at radius 2 is 1.78 bits per heavy atom. The third kappa shape index (κ3) is 3.59. The van der Waals surface area contributed by atoms with Gasteiger partial charge in [0.05, 0.1) is 0 Å². The summed E-state index contributed by atoms with van der Waals surface area (Å²) in [5.41, 5.74) is 3.91. The molecule has 1 amide bonds. The van der Waals surface area contributed by atoms with E-state index in [4.69, 9.17) is 0 Å². The second-order valence-electron chi connectivity index (χ2n) is 5.89. The topological polar surface area (TPSA) is 66.4 Å². The van der Waals surface area contributed by atoms with Crippen molar-refractivity contribution in [2.45, 2.75) is 31.7 Å². The van der Waals surface area contributed by atoms with Gasteiger partial charge in [-0.05, 0) is 48.1 Å². The summed E-state index contributed by atoms with van der Waals surface area (Å²) in [5, 5.41) is 12.0. The number of amides is 1. The summed E-state index contributed by atoms with van der Waals surface area (Å²) < 4.78 is 0. The van der Waals surface area contributed by atoms with Gasteiger partial charge in [0.15, 0.2) is 0 Å². The number of carbonyl (C=O) groups is 2. The van der Waals surface area contributed by atoms with Gasteiger partial charge in [-0.15, -0.1) is 0 Å². The molecule has 0 spiro atoms. The lowest BCUT2D eigenvalue weighted by atomic mass is 10.0.